The maximum absolute atomic E-state index is 9.39. The van der Waals surface area contributed by atoms with Gasteiger partial charge in [0.2, 0.25) is 0 Å². The second-order valence-corrected chi connectivity index (χ2v) is 3.19. The molecule has 1 heterocycles. The van der Waals surface area contributed by atoms with Crippen LogP contribution in [0.4, 0.5) is 0 Å². The minimum Gasteiger partial charge on any atom is -0.265 e. The summed E-state index contributed by atoms with van der Waals surface area (Å²) in [4.78, 5) is 19.1. The molecule has 0 saturated heterocycles. The minimum absolute atomic E-state index is 1.75. The summed E-state index contributed by atoms with van der Waals surface area (Å²) in [5.74, 6) is 0. The molecule has 8 heteroatoms. The van der Waals surface area contributed by atoms with Crippen LogP contribution < -0.4 is 0 Å². The average Bonchev–Trinajstić information content (AvgIpc) is 2.06. The van der Waals surface area contributed by atoms with E-state index in [9.17, 15) is 9.13 Å². The molecule has 0 aliphatic heterocycles. The highest BCUT2D eigenvalue weighted by molar-refractivity contribution is 7.46. The quantitative estimate of drug-likeness (QED) is 0.735. The fourth-order valence-corrected chi connectivity index (χ4v) is 0.850. The number of hydrogen-bond donors (Lipinski definition) is 2. The standard InChI is InChI=1S/C5H5N.O5P2/c1-2-4-6-5-3-1;1-6(2)5-7(3)4/h1-5H;/p+2. The summed E-state index contributed by atoms with van der Waals surface area (Å²) in [5.41, 5.74) is 0. The van der Waals surface area contributed by atoms with E-state index in [0.29, 0.717) is 0 Å². The Hall–Kier alpha value is -0.770. The Morgan fingerprint density at radius 1 is 1.00 bits per heavy atom. The highest BCUT2D eigenvalue weighted by atomic mass is 31.2. The van der Waals surface area contributed by atoms with Crippen LogP contribution in [0, 0.1) is 0 Å². The highest BCUT2D eigenvalue weighted by Crippen LogP contribution is 2.30. The van der Waals surface area contributed by atoms with Crippen LogP contribution in [-0.4, -0.2) is 14.8 Å². The van der Waals surface area contributed by atoms with Crippen molar-refractivity contribution in [3.63, 3.8) is 0 Å². The van der Waals surface area contributed by atoms with Gasteiger partial charge in [0.15, 0.2) is 4.31 Å². The fraction of sp³-hybridized carbons (Fsp3) is 0. The van der Waals surface area contributed by atoms with Gasteiger partial charge in [-0.25, -0.2) is 0 Å². The first-order valence-corrected chi connectivity index (χ1v) is 5.24. The summed E-state index contributed by atoms with van der Waals surface area (Å²) in [6.07, 6.45) is 3.50. The molecule has 70 valence electrons. The zero-order chi connectivity index (χ0) is 10.1. The summed E-state index contributed by atoms with van der Waals surface area (Å²) in [7, 11) is -5.85. The predicted molar refractivity (Wildman–Crippen MR) is 45.0 cm³/mol. The lowest BCUT2D eigenvalue weighted by Crippen LogP contribution is -1.58. The Labute approximate surface area is 76.1 Å². The summed E-state index contributed by atoms with van der Waals surface area (Å²) in [5, 5.41) is 0. The topological polar surface area (TPSA) is 96.7 Å². The number of pyridine rings is 1. The van der Waals surface area contributed by atoms with Gasteiger partial charge in [0.1, 0.15) is 0 Å². The molecule has 2 N–H and O–H groups in total. The molecule has 0 radical (unpaired) electrons. The summed E-state index contributed by atoms with van der Waals surface area (Å²) < 4.78 is 22.2. The molecule has 6 nitrogen and oxygen atoms in total. The Kier molecular flexibility index (Phi) is 7.39. The van der Waals surface area contributed by atoms with E-state index >= 15 is 0 Å². The van der Waals surface area contributed by atoms with Crippen molar-refractivity contribution in [2.24, 2.45) is 0 Å². The lowest BCUT2D eigenvalue weighted by molar-refractivity contribution is 0.371. The van der Waals surface area contributed by atoms with Crippen molar-refractivity contribution in [2.75, 3.05) is 0 Å². The first-order valence-electron chi connectivity index (χ1n) is 2.98. The van der Waals surface area contributed by atoms with Crippen LogP contribution in [0.3, 0.4) is 0 Å². The van der Waals surface area contributed by atoms with Gasteiger partial charge in [-0.1, -0.05) is 6.07 Å². The van der Waals surface area contributed by atoms with Gasteiger partial charge in [-0.2, -0.15) is 0 Å². The lowest BCUT2D eigenvalue weighted by atomic mass is 10.5. The van der Waals surface area contributed by atoms with Crippen molar-refractivity contribution in [3.8, 4) is 0 Å². The summed E-state index contributed by atoms with van der Waals surface area (Å²) in [6, 6.07) is 5.72. The Morgan fingerprint density at radius 2 is 1.46 bits per heavy atom. The minimum atomic E-state index is -2.92. The van der Waals surface area contributed by atoms with E-state index in [1.54, 1.807) is 12.4 Å². The van der Waals surface area contributed by atoms with Crippen LogP contribution in [0.5, 0.6) is 0 Å². The fourth-order valence-electron chi connectivity index (χ4n) is 0.372. The number of rotatable bonds is 2. The van der Waals surface area contributed by atoms with Gasteiger partial charge in [-0.3, -0.25) is 4.98 Å². The lowest BCUT2D eigenvalue weighted by Gasteiger charge is -1.70. The van der Waals surface area contributed by atoms with Crippen LogP contribution in [0.25, 0.3) is 0 Å². The Morgan fingerprint density at radius 3 is 1.54 bits per heavy atom. The Bertz CT molecular complexity index is 228. The normalized spacial score (nSPS) is 10.9. The molecule has 13 heavy (non-hydrogen) atoms. The van der Waals surface area contributed by atoms with Crippen molar-refractivity contribution in [1.29, 1.82) is 0 Å². The van der Waals surface area contributed by atoms with Crippen LogP contribution in [-0.2, 0) is 13.4 Å². The van der Waals surface area contributed by atoms with Gasteiger partial charge in [0.05, 0.1) is 0 Å². The molecule has 0 saturated carbocycles. The largest absolute Gasteiger partial charge is 0.745 e. The van der Waals surface area contributed by atoms with Crippen molar-refractivity contribution in [2.45, 2.75) is 0 Å². The maximum Gasteiger partial charge on any atom is 0.745 e. The van der Waals surface area contributed by atoms with Crippen LogP contribution >= 0.6 is 16.5 Å². The van der Waals surface area contributed by atoms with Crippen LogP contribution in [0.1, 0.15) is 0 Å². The summed E-state index contributed by atoms with van der Waals surface area (Å²) >= 11 is 0. The van der Waals surface area contributed by atoms with E-state index in [0.717, 1.165) is 0 Å². The molecule has 2 atom stereocenters. The molecule has 0 spiro atoms. The molecule has 2 unspecified atom stereocenters. The zero-order valence-electron chi connectivity index (χ0n) is 6.35. The van der Waals surface area contributed by atoms with Gasteiger partial charge < -0.3 is 0 Å². The molecule has 1 aromatic rings. The van der Waals surface area contributed by atoms with Crippen LogP contribution in [0.15, 0.2) is 30.6 Å². The molecular weight excluding hydrogens is 216 g/mol. The molecule has 0 aromatic carbocycles. The first kappa shape index (κ1) is 12.2. The van der Waals surface area contributed by atoms with E-state index < -0.39 is 16.5 Å². The third-order valence-corrected chi connectivity index (χ3v) is 1.82. The molecule has 1 rings (SSSR count). The van der Waals surface area contributed by atoms with Gasteiger partial charge in [0, 0.05) is 21.5 Å². The van der Waals surface area contributed by atoms with Crippen molar-refractivity contribution < 1.29 is 23.2 Å². The van der Waals surface area contributed by atoms with Gasteiger partial charge >= 0.3 is 16.5 Å². The smallest absolute Gasteiger partial charge is 0.265 e. The van der Waals surface area contributed by atoms with E-state index in [-0.39, 0.29) is 0 Å². The van der Waals surface area contributed by atoms with Gasteiger partial charge in [0.25, 0.3) is 0 Å². The molecule has 0 amide bonds. The molecule has 0 fully saturated rings. The van der Waals surface area contributed by atoms with Crippen LogP contribution in [0.2, 0.25) is 0 Å². The van der Waals surface area contributed by atoms with E-state index in [1.807, 2.05) is 18.2 Å². The number of nitrogens with zero attached hydrogens (tertiary/aromatic N) is 1. The highest BCUT2D eigenvalue weighted by Gasteiger charge is 2.31. The zero-order valence-corrected chi connectivity index (χ0v) is 8.14. The predicted octanol–water partition coefficient (Wildman–Crippen LogP) is 1.38. The molecule has 0 bridgehead atoms. The van der Waals surface area contributed by atoms with Crippen molar-refractivity contribution in [3.05, 3.63) is 30.6 Å². The third kappa shape index (κ3) is 11.2. The SMILES string of the molecule is O=[P+](O)O[P+](=O)O.c1ccncc1. The third-order valence-electron chi connectivity index (χ3n) is 0.706. The average molecular weight is 223 g/mol. The van der Waals surface area contributed by atoms with Crippen molar-refractivity contribution >= 4 is 16.5 Å². The maximum atomic E-state index is 9.39. The monoisotopic (exact) mass is 223 g/mol. The van der Waals surface area contributed by atoms with Gasteiger partial charge in [-0.15, -0.1) is 9.79 Å². The summed E-state index contributed by atoms with van der Waals surface area (Å²) in [6.45, 7) is 0. The van der Waals surface area contributed by atoms with E-state index in [4.69, 9.17) is 9.79 Å². The van der Waals surface area contributed by atoms with E-state index in [2.05, 4.69) is 9.29 Å². The molecular formula is C5H7NO5P2+2. The molecule has 0 aliphatic rings. The van der Waals surface area contributed by atoms with E-state index in [1.165, 1.54) is 0 Å². The number of hydrogen-bond acceptors (Lipinski definition) is 4. The molecule has 0 aliphatic carbocycles. The van der Waals surface area contributed by atoms with Crippen molar-refractivity contribution in [1.82, 2.24) is 4.98 Å². The van der Waals surface area contributed by atoms with Gasteiger partial charge in [-0.05, 0) is 12.1 Å². The number of aromatic nitrogens is 1. The second kappa shape index (κ2) is 7.86. The second-order valence-electron chi connectivity index (χ2n) is 1.58. The Balaban J connectivity index is 0.000000223. The molecule has 1 aromatic heterocycles. The first-order chi connectivity index (χ1) is 6.13.